The summed E-state index contributed by atoms with van der Waals surface area (Å²) in [5, 5.41) is 11.5. The second-order valence-electron chi connectivity index (χ2n) is 14.8. The second-order valence-corrected chi connectivity index (χ2v) is 20.7. The maximum Gasteiger partial charge on any atom is 0.283 e. The van der Waals surface area contributed by atoms with E-state index < -0.39 is 46.8 Å². The lowest BCUT2D eigenvalue weighted by atomic mass is 10.2. The molecule has 68 heavy (non-hydrogen) atoms. The SMILES string of the molecule is Cc1nc2ccc(C(=O)NS(=O)(=O)c3ccccc3)nc2n1Cc1ccc(NS(C)(=O)=O)cc1Cl.Cc1nc2ccc(C(=O)NS(=O)(=O)c3ccccc3)nc2n1Cc1ccc([N+](=O)[O-])cc1Cl. The molecule has 350 valence electrons. The van der Waals surface area contributed by atoms with Gasteiger partial charge in [0, 0.05) is 22.8 Å². The van der Waals surface area contributed by atoms with Crippen LogP contribution in [0.2, 0.25) is 10.0 Å². The number of carbonyl (C=O) groups is 2. The molecular weight excluding hydrogens is 984 g/mol. The van der Waals surface area contributed by atoms with E-state index in [9.17, 15) is 45.0 Å². The van der Waals surface area contributed by atoms with Crippen molar-refractivity contribution in [3.05, 3.63) is 176 Å². The number of halogens is 2. The fourth-order valence-corrected chi connectivity index (χ4v) is 9.59. The zero-order valence-electron chi connectivity index (χ0n) is 35.7. The molecule has 0 atom stereocenters. The molecule has 0 fully saturated rings. The number of anilines is 1. The number of aromatic nitrogens is 6. The predicted octanol–water partition coefficient (Wildman–Crippen LogP) is 6.40. The van der Waals surface area contributed by atoms with Crippen LogP contribution in [-0.4, -0.2) is 77.3 Å². The van der Waals surface area contributed by atoms with E-state index in [1.165, 1.54) is 60.7 Å². The third-order valence-electron chi connectivity index (χ3n) is 9.85. The van der Waals surface area contributed by atoms with E-state index in [0.717, 1.165) is 6.26 Å². The summed E-state index contributed by atoms with van der Waals surface area (Å²) in [6.07, 6.45) is 1.04. The third kappa shape index (κ3) is 11.3. The lowest BCUT2D eigenvalue weighted by Gasteiger charge is -2.11. The number of benzene rings is 4. The first-order valence-electron chi connectivity index (χ1n) is 19.7. The Labute approximate surface area is 398 Å². The van der Waals surface area contributed by atoms with Crippen molar-refractivity contribution in [2.45, 2.75) is 36.7 Å². The molecule has 0 aliphatic carbocycles. The molecule has 4 aromatic heterocycles. The number of fused-ring (bicyclic) bond motifs is 2. The molecule has 8 aromatic rings. The minimum atomic E-state index is -4.07. The molecule has 0 saturated carbocycles. The van der Waals surface area contributed by atoms with Crippen molar-refractivity contribution in [2.75, 3.05) is 11.0 Å². The molecule has 0 aliphatic heterocycles. The highest BCUT2D eigenvalue weighted by molar-refractivity contribution is 7.92. The molecule has 0 spiro atoms. The first-order chi connectivity index (χ1) is 32.1. The standard InChI is InChI=1S/C22H20ClN5O5S2.C21H16ClN5O5S/c1-14-24-19-10-11-20(22(29)27-35(32,33)17-6-4-3-5-7-17)25-21(19)28(14)13-15-8-9-16(12-18(15)23)26-34(2,30)31;1-13-23-18-9-10-19(21(28)25-33(31,32)16-5-3-2-4-6-16)24-20(18)26(13)12-14-7-8-15(27(29)30)11-17(14)22/h3-12,26H,13H2,1-2H3,(H,27,29);2-11H,12H2,1H3,(H,25,28). The van der Waals surface area contributed by atoms with Crippen molar-refractivity contribution in [2.24, 2.45) is 0 Å². The van der Waals surface area contributed by atoms with Crippen molar-refractivity contribution < 1.29 is 39.8 Å². The van der Waals surface area contributed by atoms with Gasteiger partial charge in [-0.3, -0.25) is 24.4 Å². The average Bonchev–Trinajstić information content (AvgIpc) is 3.77. The largest absolute Gasteiger partial charge is 0.308 e. The Bertz CT molecular complexity index is 3630. The highest BCUT2D eigenvalue weighted by Gasteiger charge is 2.23. The minimum Gasteiger partial charge on any atom is -0.308 e. The number of non-ortho nitro benzene ring substituents is 1. The van der Waals surface area contributed by atoms with E-state index in [2.05, 4.69) is 24.7 Å². The molecule has 0 aliphatic rings. The Balaban J connectivity index is 0.000000202. The highest BCUT2D eigenvalue weighted by Crippen LogP contribution is 2.27. The molecule has 0 saturated heterocycles. The number of pyridine rings is 2. The number of sulfonamides is 3. The van der Waals surface area contributed by atoms with Gasteiger partial charge in [0.2, 0.25) is 10.0 Å². The van der Waals surface area contributed by atoms with Crippen LogP contribution in [0.1, 0.15) is 43.8 Å². The van der Waals surface area contributed by atoms with Crippen LogP contribution in [0.3, 0.4) is 0 Å². The number of rotatable bonds is 13. The van der Waals surface area contributed by atoms with Crippen LogP contribution in [-0.2, 0) is 43.2 Å². The Morgan fingerprint density at radius 3 is 1.43 bits per heavy atom. The van der Waals surface area contributed by atoms with Gasteiger partial charge in [0.25, 0.3) is 37.5 Å². The van der Waals surface area contributed by atoms with Gasteiger partial charge < -0.3 is 9.13 Å². The van der Waals surface area contributed by atoms with Gasteiger partial charge in [0.1, 0.15) is 34.1 Å². The maximum atomic E-state index is 12.7. The molecule has 0 radical (unpaired) electrons. The fourth-order valence-electron chi connectivity index (χ4n) is 6.60. The van der Waals surface area contributed by atoms with Gasteiger partial charge in [-0.15, -0.1) is 0 Å². The minimum absolute atomic E-state index is 0.0428. The van der Waals surface area contributed by atoms with Crippen LogP contribution in [0.15, 0.2) is 131 Å². The third-order valence-corrected chi connectivity index (χ3v) is 13.9. The van der Waals surface area contributed by atoms with Crippen LogP contribution in [0, 0.1) is 24.0 Å². The second kappa shape index (κ2) is 19.5. The molecular formula is C43H36Cl2N10O10S3. The predicted molar refractivity (Wildman–Crippen MR) is 253 cm³/mol. The topological polar surface area (TPSA) is 277 Å². The van der Waals surface area contributed by atoms with Gasteiger partial charge in [-0.2, -0.15) is 0 Å². The maximum absolute atomic E-state index is 12.7. The van der Waals surface area contributed by atoms with Gasteiger partial charge in [-0.1, -0.05) is 65.7 Å². The van der Waals surface area contributed by atoms with E-state index in [1.807, 2.05) is 9.44 Å². The first-order valence-corrected chi connectivity index (χ1v) is 25.3. The number of aryl methyl sites for hydroxylation is 2. The smallest absolute Gasteiger partial charge is 0.283 e. The van der Waals surface area contributed by atoms with Gasteiger partial charge >= 0.3 is 0 Å². The number of hydrogen-bond acceptors (Lipinski definition) is 14. The Kier molecular flexibility index (Phi) is 13.9. The molecule has 3 N–H and O–H groups in total. The van der Waals surface area contributed by atoms with Crippen LogP contribution in [0.4, 0.5) is 11.4 Å². The average molecular weight is 1020 g/mol. The van der Waals surface area contributed by atoms with Crippen LogP contribution in [0.25, 0.3) is 22.3 Å². The summed E-state index contributed by atoms with van der Waals surface area (Å²) in [4.78, 5) is 53.2. The van der Waals surface area contributed by atoms with Crippen LogP contribution >= 0.6 is 23.2 Å². The number of carbonyl (C=O) groups excluding carboxylic acids is 2. The van der Waals surface area contributed by atoms with Crippen molar-refractivity contribution in [3.8, 4) is 0 Å². The fraction of sp³-hybridized carbons (Fsp3) is 0.116. The summed E-state index contributed by atoms with van der Waals surface area (Å²) in [6, 6.07) is 29.9. The summed E-state index contributed by atoms with van der Waals surface area (Å²) < 4.78 is 82.7. The number of nitro benzene ring substituents is 1. The number of nitrogens with zero attached hydrogens (tertiary/aromatic N) is 7. The quantitative estimate of drug-likeness (QED) is 0.0833. The lowest BCUT2D eigenvalue weighted by molar-refractivity contribution is -0.384. The van der Waals surface area contributed by atoms with Crippen LogP contribution in [0.5, 0.6) is 0 Å². The molecule has 20 nitrogen and oxygen atoms in total. The Morgan fingerprint density at radius 1 is 0.603 bits per heavy atom. The number of imidazole rings is 2. The van der Waals surface area contributed by atoms with E-state index in [-0.39, 0.29) is 45.0 Å². The molecule has 0 bridgehead atoms. The van der Waals surface area contributed by atoms with E-state index in [0.29, 0.717) is 55.8 Å². The summed E-state index contributed by atoms with van der Waals surface area (Å²) in [5.74, 6) is -0.604. The van der Waals surface area contributed by atoms with Gasteiger partial charge in [-0.25, -0.2) is 54.6 Å². The zero-order valence-corrected chi connectivity index (χ0v) is 39.6. The monoisotopic (exact) mass is 1020 g/mol. The van der Waals surface area contributed by atoms with Crippen molar-refractivity contribution >= 4 is 98.8 Å². The number of nitro groups is 1. The molecule has 25 heteroatoms. The van der Waals surface area contributed by atoms with E-state index >= 15 is 0 Å². The number of hydrogen-bond donors (Lipinski definition) is 3. The van der Waals surface area contributed by atoms with Crippen molar-refractivity contribution in [1.29, 1.82) is 0 Å². The van der Waals surface area contributed by atoms with Crippen molar-refractivity contribution in [1.82, 2.24) is 38.5 Å². The molecule has 2 amide bonds. The molecule has 4 heterocycles. The highest BCUT2D eigenvalue weighted by atomic mass is 35.5. The van der Waals surface area contributed by atoms with Crippen LogP contribution < -0.4 is 14.2 Å². The molecule has 8 rings (SSSR count). The zero-order chi connectivity index (χ0) is 49.1. The Morgan fingerprint density at radius 2 is 1.03 bits per heavy atom. The molecule has 0 unspecified atom stereocenters. The normalized spacial score (nSPS) is 11.7. The van der Waals surface area contributed by atoms with Crippen molar-refractivity contribution in [3.63, 3.8) is 0 Å². The van der Waals surface area contributed by atoms with E-state index in [4.69, 9.17) is 23.2 Å². The molecule has 4 aromatic carbocycles. The summed E-state index contributed by atoms with van der Waals surface area (Å²) >= 11 is 12.6. The van der Waals surface area contributed by atoms with Gasteiger partial charge in [0.05, 0.1) is 39.1 Å². The number of nitrogens with one attached hydrogen (secondary N) is 3. The Hall–Kier alpha value is -7.31. The first kappa shape index (κ1) is 48.6. The number of amides is 2. The summed E-state index contributed by atoms with van der Waals surface area (Å²) in [7, 11) is -11.6. The van der Waals surface area contributed by atoms with E-state index in [1.54, 1.807) is 83.6 Å². The van der Waals surface area contributed by atoms with Gasteiger partial charge in [-0.05, 0) is 91.7 Å². The lowest BCUT2D eigenvalue weighted by Crippen LogP contribution is -2.31. The summed E-state index contributed by atoms with van der Waals surface area (Å²) in [6.45, 7) is 3.93. The van der Waals surface area contributed by atoms with Gasteiger partial charge in [0.15, 0.2) is 11.3 Å². The summed E-state index contributed by atoms with van der Waals surface area (Å²) in [5.41, 5.74) is 2.94.